The molecule has 4 nitrogen and oxygen atoms in total. The van der Waals surface area contributed by atoms with Gasteiger partial charge in [-0.2, -0.15) is 13.2 Å². The molecule has 0 saturated heterocycles. The maximum atomic E-state index is 14.3. The number of aromatic nitrogens is 1. The van der Waals surface area contributed by atoms with Crippen LogP contribution in [-0.4, -0.2) is 19.8 Å². The van der Waals surface area contributed by atoms with Crippen LogP contribution >= 0.6 is 0 Å². The fourth-order valence-electron chi connectivity index (χ4n) is 3.00. The highest BCUT2D eigenvalue weighted by molar-refractivity contribution is 7.90. The van der Waals surface area contributed by atoms with Gasteiger partial charge >= 0.3 is 6.18 Å². The molecule has 0 N–H and O–H groups in total. The molecule has 0 amide bonds. The second kappa shape index (κ2) is 6.73. The van der Waals surface area contributed by atoms with E-state index in [9.17, 15) is 26.0 Å². The summed E-state index contributed by atoms with van der Waals surface area (Å²) < 4.78 is 81.6. The number of halogens is 4. The molecule has 28 heavy (non-hydrogen) atoms. The summed E-state index contributed by atoms with van der Waals surface area (Å²) in [6, 6.07) is 7.11. The fraction of sp³-hybridized carbons (Fsp3) is 0.211. The summed E-state index contributed by atoms with van der Waals surface area (Å²) in [6.07, 6.45) is -3.58. The van der Waals surface area contributed by atoms with Crippen molar-refractivity contribution in [3.8, 4) is 22.4 Å². The van der Waals surface area contributed by atoms with Crippen LogP contribution in [0, 0.1) is 19.7 Å². The minimum absolute atomic E-state index is 0.00945. The Balaban J connectivity index is 2.14. The van der Waals surface area contributed by atoms with Crippen LogP contribution in [0.5, 0.6) is 0 Å². The molecule has 148 valence electrons. The molecule has 2 aromatic carbocycles. The van der Waals surface area contributed by atoms with Crippen LogP contribution in [-0.2, 0) is 16.0 Å². The van der Waals surface area contributed by atoms with Gasteiger partial charge in [-0.15, -0.1) is 0 Å². The Morgan fingerprint density at radius 1 is 1.00 bits per heavy atom. The molecular weight excluding hydrogens is 398 g/mol. The lowest BCUT2D eigenvalue weighted by Gasteiger charge is -2.11. The number of sulfone groups is 1. The number of hydrogen-bond acceptors (Lipinski definition) is 4. The Hall–Kier alpha value is -2.68. The first-order valence-electron chi connectivity index (χ1n) is 8.04. The standard InChI is InChI=1S/C19H15F4NO3S/c1-10-8-13(4-6-14(10)19(21,22)23)18-17(11(2)27-24-18)12-5-7-16(15(20)9-12)28(3,25)26/h4-9H,1-3H3. The molecule has 1 aromatic heterocycles. The molecular formula is C19H15F4NO3S. The van der Waals surface area contributed by atoms with Crippen molar-refractivity contribution in [3.05, 3.63) is 59.1 Å². The minimum Gasteiger partial charge on any atom is -0.360 e. The Kier molecular flexibility index (Phi) is 4.82. The zero-order valence-electron chi connectivity index (χ0n) is 15.1. The van der Waals surface area contributed by atoms with E-state index in [1.54, 1.807) is 6.92 Å². The van der Waals surface area contributed by atoms with Gasteiger partial charge in [0.15, 0.2) is 9.84 Å². The van der Waals surface area contributed by atoms with E-state index in [0.29, 0.717) is 22.5 Å². The Bertz CT molecular complexity index is 1160. The average molecular weight is 413 g/mol. The predicted octanol–water partition coefficient (Wildman–Crippen LogP) is 5.19. The highest BCUT2D eigenvalue weighted by Crippen LogP contribution is 2.38. The van der Waals surface area contributed by atoms with E-state index in [1.807, 2.05) is 0 Å². The van der Waals surface area contributed by atoms with Crippen LogP contribution in [0.1, 0.15) is 16.9 Å². The Morgan fingerprint density at radius 2 is 1.64 bits per heavy atom. The van der Waals surface area contributed by atoms with Gasteiger partial charge < -0.3 is 4.52 Å². The number of benzene rings is 2. The highest BCUT2D eigenvalue weighted by atomic mass is 32.2. The summed E-state index contributed by atoms with van der Waals surface area (Å²) in [5.41, 5.74) is 0.525. The maximum absolute atomic E-state index is 14.3. The van der Waals surface area contributed by atoms with E-state index < -0.39 is 32.3 Å². The van der Waals surface area contributed by atoms with E-state index >= 15 is 0 Å². The van der Waals surface area contributed by atoms with Crippen LogP contribution < -0.4 is 0 Å². The molecule has 0 saturated carbocycles. The third kappa shape index (κ3) is 3.66. The zero-order valence-corrected chi connectivity index (χ0v) is 15.9. The second-order valence-corrected chi connectivity index (χ2v) is 8.39. The topological polar surface area (TPSA) is 60.2 Å². The molecule has 0 unspecified atom stereocenters. The van der Waals surface area contributed by atoms with Crippen molar-refractivity contribution >= 4 is 9.84 Å². The van der Waals surface area contributed by atoms with Gasteiger partial charge in [0.05, 0.1) is 11.1 Å². The number of aryl methyl sites for hydroxylation is 2. The first-order chi connectivity index (χ1) is 12.9. The van der Waals surface area contributed by atoms with Crippen molar-refractivity contribution in [3.63, 3.8) is 0 Å². The molecule has 0 atom stereocenters. The molecule has 3 aromatic rings. The quantitative estimate of drug-likeness (QED) is 0.555. The summed E-state index contributed by atoms with van der Waals surface area (Å²) in [5.74, 6) is -0.616. The summed E-state index contributed by atoms with van der Waals surface area (Å²) in [6.45, 7) is 2.91. The summed E-state index contributed by atoms with van der Waals surface area (Å²) >= 11 is 0. The van der Waals surface area contributed by atoms with Crippen molar-refractivity contribution in [2.24, 2.45) is 0 Å². The van der Waals surface area contributed by atoms with Crippen molar-refractivity contribution in [2.75, 3.05) is 6.26 Å². The molecule has 0 bridgehead atoms. The second-order valence-electron chi connectivity index (χ2n) is 6.41. The minimum atomic E-state index is -4.48. The molecule has 0 aliphatic carbocycles. The molecule has 0 radical (unpaired) electrons. The van der Waals surface area contributed by atoms with Crippen molar-refractivity contribution in [2.45, 2.75) is 24.9 Å². The lowest BCUT2D eigenvalue weighted by atomic mass is 9.96. The normalized spacial score (nSPS) is 12.4. The molecule has 9 heteroatoms. The SMILES string of the molecule is Cc1cc(-c2noc(C)c2-c2ccc(S(C)(=O)=O)c(F)c2)ccc1C(F)(F)F. The molecule has 3 rings (SSSR count). The predicted molar refractivity (Wildman–Crippen MR) is 94.9 cm³/mol. The molecule has 0 aliphatic rings. The van der Waals surface area contributed by atoms with E-state index in [-0.39, 0.29) is 11.3 Å². The average Bonchev–Trinajstić information content (AvgIpc) is 2.93. The van der Waals surface area contributed by atoms with Gasteiger partial charge in [-0.05, 0) is 49.2 Å². The summed E-state index contributed by atoms with van der Waals surface area (Å²) in [4.78, 5) is -0.447. The van der Waals surface area contributed by atoms with Crippen LogP contribution in [0.3, 0.4) is 0 Å². The first-order valence-corrected chi connectivity index (χ1v) is 9.93. The highest BCUT2D eigenvalue weighted by Gasteiger charge is 2.32. The van der Waals surface area contributed by atoms with Crippen molar-refractivity contribution < 1.29 is 30.5 Å². The van der Waals surface area contributed by atoms with Gasteiger partial charge in [0.25, 0.3) is 0 Å². The smallest absolute Gasteiger partial charge is 0.360 e. The van der Waals surface area contributed by atoms with Crippen molar-refractivity contribution in [1.29, 1.82) is 0 Å². The number of nitrogens with zero attached hydrogens (tertiary/aromatic N) is 1. The molecule has 0 fully saturated rings. The Labute approximate surface area is 158 Å². The van der Waals surface area contributed by atoms with Crippen molar-refractivity contribution in [1.82, 2.24) is 5.16 Å². The Morgan fingerprint density at radius 3 is 2.18 bits per heavy atom. The van der Waals surface area contributed by atoms with Gasteiger partial charge in [-0.3, -0.25) is 0 Å². The third-order valence-electron chi connectivity index (χ3n) is 4.29. The molecule has 0 aliphatic heterocycles. The number of hydrogen-bond donors (Lipinski definition) is 0. The molecule has 1 heterocycles. The number of rotatable bonds is 3. The zero-order chi connectivity index (χ0) is 20.9. The summed E-state index contributed by atoms with van der Waals surface area (Å²) in [7, 11) is -3.74. The molecule has 0 spiro atoms. The van der Waals surface area contributed by atoms with Crippen LogP contribution in [0.4, 0.5) is 17.6 Å². The number of alkyl halides is 3. The lowest BCUT2D eigenvalue weighted by Crippen LogP contribution is -2.07. The summed E-state index contributed by atoms with van der Waals surface area (Å²) in [5, 5.41) is 3.90. The van der Waals surface area contributed by atoms with Gasteiger partial charge in [0.1, 0.15) is 22.2 Å². The largest absolute Gasteiger partial charge is 0.416 e. The van der Waals surface area contributed by atoms with Gasteiger partial charge in [-0.25, -0.2) is 12.8 Å². The van der Waals surface area contributed by atoms with E-state index in [4.69, 9.17) is 4.52 Å². The van der Waals surface area contributed by atoms with Gasteiger partial charge in [0.2, 0.25) is 0 Å². The van der Waals surface area contributed by atoms with Crippen LogP contribution in [0.15, 0.2) is 45.8 Å². The van der Waals surface area contributed by atoms with E-state index in [1.165, 1.54) is 25.1 Å². The monoisotopic (exact) mass is 413 g/mol. The maximum Gasteiger partial charge on any atom is 0.416 e. The van der Waals surface area contributed by atoms with Gasteiger partial charge in [-0.1, -0.05) is 17.3 Å². The van der Waals surface area contributed by atoms with Crippen LogP contribution in [0.2, 0.25) is 0 Å². The third-order valence-corrected chi connectivity index (χ3v) is 5.42. The van der Waals surface area contributed by atoms with Gasteiger partial charge in [0, 0.05) is 11.8 Å². The van der Waals surface area contributed by atoms with Crippen LogP contribution in [0.25, 0.3) is 22.4 Å². The fourth-order valence-corrected chi connectivity index (χ4v) is 3.72. The first kappa shape index (κ1) is 20.1. The van der Waals surface area contributed by atoms with E-state index in [0.717, 1.165) is 24.5 Å². The lowest BCUT2D eigenvalue weighted by molar-refractivity contribution is -0.138. The van der Waals surface area contributed by atoms with E-state index in [2.05, 4.69) is 5.16 Å².